The minimum Gasteiger partial charge on any atom is -0.342 e. The summed E-state index contributed by atoms with van der Waals surface area (Å²) in [6.07, 6.45) is 7.99. The number of piperidine rings is 1. The van der Waals surface area contributed by atoms with Crippen LogP contribution in [-0.4, -0.2) is 78.2 Å². The molecule has 2 heterocycles. The van der Waals surface area contributed by atoms with Gasteiger partial charge in [-0.1, -0.05) is 6.92 Å². The third-order valence-corrected chi connectivity index (χ3v) is 6.94. The van der Waals surface area contributed by atoms with E-state index < -0.39 is 0 Å². The van der Waals surface area contributed by atoms with Crippen molar-refractivity contribution < 1.29 is 9.59 Å². The molecule has 1 aliphatic carbocycles. The zero-order chi connectivity index (χ0) is 19.2. The fourth-order valence-corrected chi connectivity index (χ4v) is 5.56. The Hall–Kier alpha value is -0.940. The minimum absolute atomic E-state index is 0.318. The van der Waals surface area contributed by atoms with E-state index in [1.165, 1.54) is 25.9 Å². The molecular formula is C22H39N3O2. The molecular weight excluding hydrogens is 338 g/mol. The fourth-order valence-electron chi connectivity index (χ4n) is 5.56. The van der Waals surface area contributed by atoms with Gasteiger partial charge in [-0.3, -0.25) is 14.5 Å². The Morgan fingerprint density at radius 2 is 1.96 bits per heavy atom. The molecule has 2 aliphatic heterocycles. The highest BCUT2D eigenvalue weighted by Gasteiger charge is 2.39. The van der Waals surface area contributed by atoms with E-state index in [0.717, 1.165) is 64.8 Å². The van der Waals surface area contributed by atoms with E-state index in [2.05, 4.69) is 28.5 Å². The van der Waals surface area contributed by atoms with Crippen LogP contribution in [0, 0.1) is 11.8 Å². The lowest BCUT2D eigenvalue weighted by Crippen LogP contribution is -2.52. The van der Waals surface area contributed by atoms with E-state index in [1.54, 1.807) is 0 Å². The number of amides is 1. The molecule has 3 atom stereocenters. The van der Waals surface area contributed by atoms with Gasteiger partial charge in [0.1, 0.15) is 5.78 Å². The number of fused-ring (bicyclic) bond motifs is 1. The summed E-state index contributed by atoms with van der Waals surface area (Å²) in [4.78, 5) is 32.1. The van der Waals surface area contributed by atoms with Crippen LogP contribution in [0.25, 0.3) is 0 Å². The Labute approximate surface area is 165 Å². The van der Waals surface area contributed by atoms with E-state index in [0.29, 0.717) is 36.0 Å². The van der Waals surface area contributed by atoms with Crippen molar-refractivity contribution in [3.8, 4) is 0 Å². The highest BCUT2D eigenvalue weighted by Crippen LogP contribution is 2.37. The summed E-state index contributed by atoms with van der Waals surface area (Å²) in [5.74, 6) is 1.64. The van der Waals surface area contributed by atoms with Crippen LogP contribution in [0.5, 0.6) is 0 Å². The molecule has 3 fully saturated rings. The first-order valence-corrected chi connectivity index (χ1v) is 11.4. The average molecular weight is 378 g/mol. The van der Waals surface area contributed by atoms with E-state index in [9.17, 15) is 9.59 Å². The third kappa shape index (κ3) is 5.54. The molecule has 0 spiro atoms. The van der Waals surface area contributed by atoms with Crippen molar-refractivity contribution in [1.29, 1.82) is 0 Å². The van der Waals surface area contributed by atoms with Crippen LogP contribution in [0.2, 0.25) is 0 Å². The summed E-state index contributed by atoms with van der Waals surface area (Å²) in [7, 11) is 0. The van der Waals surface area contributed by atoms with Crippen LogP contribution >= 0.6 is 0 Å². The molecule has 3 aliphatic rings. The number of hydrogen-bond acceptors (Lipinski definition) is 4. The summed E-state index contributed by atoms with van der Waals surface area (Å²) in [5, 5.41) is 0. The maximum absolute atomic E-state index is 13.0. The Balaban J connectivity index is 1.54. The Bertz CT molecular complexity index is 504. The van der Waals surface area contributed by atoms with Crippen molar-refractivity contribution in [2.75, 3.05) is 45.8 Å². The van der Waals surface area contributed by atoms with Gasteiger partial charge in [0.05, 0.1) is 0 Å². The minimum atomic E-state index is 0.318. The maximum Gasteiger partial charge on any atom is 0.222 e. The van der Waals surface area contributed by atoms with Crippen molar-refractivity contribution in [2.24, 2.45) is 11.8 Å². The Kier molecular flexibility index (Phi) is 7.71. The standard InChI is InChI=1S/C22H39N3O2/c1-3-9-25-17-18(14-19-16-20(26)7-8-21(19)25)15-22(27)24(4-2)13-12-23-10-5-6-11-23/h18-19,21H,3-17H2,1-2H3/t18-,19-,21-/m1/s1. The molecule has 1 saturated carbocycles. The van der Waals surface area contributed by atoms with Gasteiger partial charge < -0.3 is 9.80 Å². The van der Waals surface area contributed by atoms with Gasteiger partial charge in [0.2, 0.25) is 5.91 Å². The molecule has 5 nitrogen and oxygen atoms in total. The molecule has 154 valence electrons. The van der Waals surface area contributed by atoms with Crippen LogP contribution in [0.3, 0.4) is 0 Å². The zero-order valence-electron chi connectivity index (χ0n) is 17.5. The summed E-state index contributed by atoms with van der Waals surface area (Å²) < 4.78 is 0. The molecule has 2 saturated heterocycles. The van der Waals surface area contributed by atoms with Crippen molar-refractivity contribution in [1.82, 2.24) is 14.7 Å². The van der Waals surface area contributed by atoms with Crippen molar-refractivity contribution >= 4 is 11.7 Å². The number of carbonyl (C=O) groups excluding carboxylic acids is 2. The van der Waals surface area contributed by atoms with E-state index in [4.69, 9.17) is 0 Å². The number of rotatable bonds is 8. The highest BCUT2D eigenvalue weighted by molar-refractivity contribution is 5.79. The first-order chi connectivity index (χ1) is 13.1. The number of nitrogens with zero attached hydrogens (tertiary/aromatic N) is 3. The zero-order valence-corrected chi connectivity index (χ0v) is 17.5. The van der Waals surface area contributed by atoms with Crippen LogP contribution < -0.4 is 0 Å². The van der Waals surface area contributed by atoms with Gasteiger partial charge >= 0.3 is 0 Å². The molecule has 0 bridgehead atoms. The average Bonchev–Trinajstić information content (AvgIpc) is 3.15. The Morgan fingerprint density at radius 1 is 1.19 bits per heavy atom. The lowest BCUT2D eigenvalue weighted by Gasteiger charge is -2.47. The number of hydrogen-bond donors (Lipinski definition) is 0. The predicted octanol–water partition coefficient (Wildman–Crippen LogP) is 2.79. The topological polar surface area (TPSA) is 43.9 Å². The van der Waals surface area contributed by atoms with Gasteiger partial charge in [0, 0.05) is 51.5 Å². The number of ketones is 1. The van der Waals surface area contributed by atoms with Crippen LogP contribution in [0.15, 0.2) is 0 Å². The lowest BCUT2D eigenvalue weighted by atomic mass is 9.73. The van der Waals surface area contributed by atoms with E-state index in [-0.39, 0.29) is 0 Å². The number of Topliss-reactive ketones (excluding diaryl/α,β-unsaturated/α-hetero) is 1. The molecule has 0 N–H and O–H groups in total. The molecule has 5 heteroatoms. The van der Waals surface area contributed by atoms with Crippen molar-refractivity contribution in [3.63, 3.8) is 0 Å². The van der Waals surface area contributed by atoms with Gasteiger partial charge in [0.25, 0.3) is 0 Å². The number of likely N-dealkylation sites (N-methyl/N-ethyl adjacent to an activating group) is 1. The largest absolute Gasteiger partial charge is 0.342 e. The molecule has 0 aromatic carbocycles. The Morgan fingerprint density at radius 3 is 2.67 bits per heavy atom. The quantitative estimate of drug-likeness (QED) is 0.652. The normalized spacial score (nSPS) is 29.7. The maximum atomic E-state index is 13.0. The van der Waals surface area contributed by atoms with Crippen LogP contribution in [0.4, 0.5) is 0 Å². The molecule has 27 heavy (non-hydrogen) atoms. The van der Waals surface area contributed by atoms with Gasteiger partial charge in [0.15, 0.2) is 0 Å². The first-order valence-electron chi connectivity index (χ1n) is 11.4. The van der Waals surface area contributed by atoms with Gasteiger partial charge in [-0.25, -0.2) is 0 Å². The number of carbonyl (C=O) groups is 2. The molecule has 3 rings (SSSR count). The summed E-state index contributed by atoms with van der Waals surface area (Å²) in [6, 6.07) is 0.575. The monoisotopic (exact) mass is 377 g/mol. The van der Waals surface area contributed by atoms with E-state index >= 15 is 0 Å². The van der Waals surface area contributed by atoms with E-state index in [1.807, 2.05) is 0 Å². The van der Waals surface area contributed by atoms with Gasteiger partial charge in [-0.2, -0.15) is 0 Å². The molecule has 0 aromatic rings. The van der Waals surface area contributed by atoms with Gasteiger partial charge in [-0.15, -0.1) is 0 Å². The molecule has 0 unspecified atom stereocenters. The first kappa shape index (κ1) is 20.8. The highest BCUT2D eigenvalue weighted by atomic mass is 16.2. The summed E-state index contributed by atoms with van der Waals surface area (Å²) in [5.41, 5.74) is 0. The van der Waals surface area contributed by atoms with Crippen molar-refractivity contribution in [2.45, 2.75) is 71.3 Å². The van der Waals surface area contributed by atoms with Crippen molar-refractivity contribution in [3.05, 3.63) is 0 Å². The smallest absolute Gasteiger partial charge is 0.222 e. The predicted molar refractivity (Wildman–Crippen MR) is 109 cm³/mol. The summed E-state index contributed by atoms with van der Waals surface area (Å²) >= 11 is 0. The third-order valence-electron chi connectivity index (χ3n) is 6.94. The SMILES string of the molecule is CCCN1C[C@@H](CC(=O)N(CC)CCN2CCCC2)C[C@@H]2CC(=O)CC[C@H]21. The van der Waals surface area contributed by atoms with Gasteiger partial charge in [-0.05, 0) is 70.5 Å². The summed E-state index contributed by atoms with van der Waals surface area (Å²) in [6.45, 7) is 11.6. The molecule has 1 amide bonds. The molecule has 0 radical (unpaired) electrons. The second-order valence-electron chi connectivity index (χ2n) is 8.93. The second-order valence-corrected chi connectivity index (χ2v) is 8.93. The lowest BCUT2D eigenvalue weighted by molar-refractivity contribution is -0.133. The fraction of sp³-hybridized carbons (Fsp3) is 0.909. The second kappa shape index (κ2) is 10.0. The van der Waals surface area contributed by atoms with Crippen LogP contribution in [-0.2, 0) is 9.59 Å². The van der Waals surface area contributed by atoms with Crippen LogP contribution in [0.1, 0.15) is 65.2 Å². The number of likely N-dealkylation sites (tertiary alicyclic amines) is 2. The molecule has 0 aromatic heterocycles.